The van der Waals surface area contributed by atoms with Gasteiger partial charge in [0, 0.05) is 29.5 Å². The molecular weight excluding hydrogens is 304 g/mol. The quantitative estimate of drug-likeness (QED) is 0.829. The second-order valence-corrected chi connectivity index (χ2v) is 6.60. The predicted molar refractivity (Wildman–Crippen MR) is 90.8 cm³/mol. The lowest BCUT2D eigenvalue weighted by atomic mass is 10.1. The molecule has 2 aliphatic rings. The van der Waals surface area contributed by atoms with Crippen molar-refractivity contribution in [1.29, 1.82) is 0 Å². The van der Waals surface area contributed by atoms with E-state index < -0.39 is 0 Å². The van der Waals surface area contributed by atoms with E-state index in [1.165, 1.54) is 18.5 Å². The summed E-state index contributed by atoms with van der Waals surface area (Å²) in [6.45, 7) is 5.38. The molecule has 0 bridgehead atoms. The molecule has 5 nitrogen and oxygen atoms in total. The van der Waals surface area contributed by atoms with E-state index in [4.69, 9.17) is 9.47 Å². The minimum Gasteiger partial charge on any atom is -0.454 e. The number of nitrogens with one attached hydrogen (secondary N) is 1. The third-order valence-electron chi connectivity index (χ3n) is 4.75. The number of aromatic nitrogens is 1. The minimum absolute atomic E-state index is 0.149. The molecule has 0 saturated heterocycles. The van der Waals surface area contributed by atoms with E-state index in [9.17, 15) is 4.79 Å². The Morgan fingerprint density at radius 1 is 1.21 bits per heavy atom. The average molecular weight is 326 g/mol. The Morgan fingerprint density at radius 3 is 2.79 bits per heavy atom. The van der Waals surface area contributed by atoms with Crippen LogP contribution in [0.1, 0.15) is 46.2 Å². The number of Topliss-reactive ketones (excluding diaryl/α,β-unsaturated/α-hetero) is 1. The number of nitrogens with zero attached hydrogens (tertiary/aromatic N) is 1. The SMILES string of the molecule is Cc1cc(C(=O)CNCc2ccc3c(c2)OCO3)c(C)n1C1CC1. The van der Waals surface area contributed by atoms with Crippen LogP contribution < -0.4 is 14.8 Å². The van der Waals surface area contributed by atoms with E-state index in [0.29, 0.717) is 19.1 Å². The number of ether oxygens (including phenoxy) is 2. The highest BCUT2D eigenvalue weighted by Gasteiger charge is 2.28. The van der Waals surface area contributed by atoms with Crippen LogP contribution in [0.4, 0.5) is 0 Å². The number of carbonyl (C=O) groups is 1. The molecule has 5 heteroatoms. The smallest absolute Gasteiger partial charge is 0.231 e. The monoisotopic (exact) mass is 326 g/mol. The second-order valence-electron chi connectivity index (χ2n) is 6.60. The Morgan fingerprint density at radius 2 is 2.00 bits per heavy atom. The number of aryl methyl sites for hydroxylation is 1. The Balaban J connectivity index is 1.38. The van der Waals surface area contributed by atoms with E-state index >= 15 is 0 Å². The van der Waals surface area contributed by atoms with Crippen molar-refractivity contribution in [3.05, 3.63) is 46.8 Å². The number of hydrogen-bond donors (Lipinski definition) is 1. The van der Waals surface area contributed by atoms with Crippen LogP contribution in [0.5, 0.6) is 11.5 Å². The zero-order chi connectivity index (χ0) is 16.7. The van der Waals surface area contributed by atoms with Gasteiger partial charge in [-0.25, -0.2) is 0 Å². The van der Waals surface area contributed by atoms with Crippen molar-refractivity contribution in [3.8, 4) is 11.5 Å². The fourth-order valence-electron chi connectivity index (χ4n) is 3.42. The van der Waals surface area contributed by atoms with Crippen LogP contribution in [0.3, 0.4) is 0 Å². The molecule has 1 aromatic carbocycles. The second kappa shape index (κ2) is 5.98. The maximum absolute atomic E-state index is 12.5. The molecule has 0 atom stereocenters. The zero-order valence-corrected chi connectivity index (χ0v) is 14.1. The van der Waals surface area contributed by atoms with E-state index in [2.05, 4.69) is 23.7 Å². The zero-order valence-electron chi connectivity index (χ0n) is 14.1. The summed E-state index contributed by atoms with van der Waals surface area (Å²) in [6.07, 6.45) is 2.46. The molecule has 0 unspecified atom stereocenters. The van der Waals surface area contributed by atoms with E-state index in [1.807, 2.05) is 24.3 Å². The molecule has 1 aliphatic carbocycles. The van der Waals surface area contributed by atoms with Crippen molar-refractivity contribution in [2.75, 3.05) is 13.3 Å². The van der Waals surface area contributed by atoms with Crippen LogP contribution in [-0.2, 0) is 6.54 Å². The third-order valence-corrected chi connectivity index (χ3v) is 4.75. The molecule has 1 aliphatic heterocycles. The first kappa shape index (κ1) is 15.3. The maximum Gasteiger partial charge on any atom is 0.231 e. The van der Waals surface area contributed by atoms with Crippen molar-refractivity contribution >= 4 is 5.78 Å². The number of rotatable bonds is 6. The molecule has 4 rings (SSSR count). The van der Waals surface area contributed by atoms with Gasteiger partial charge in [-0.2, -0.15) is 0 Å². The van der Waals surface area contributed by atoms with Crippen LogP contribution in [0.15, 0.2) is 24.3 Å². The summed E-state index contributed by atoms with van der Waals surface area (Å²) < 4.78 is 13.0. The standard InChI is InChI=1S/C19H22N2O3/c1-12-7-16(13(2)21(12)15-4-5-15)17(22)10-20-9-14-3-6-18-19(8-14)24-11-23-18/h3,6-8,15,20H,4-5,9-11H2,1-2H3. The van der Waals surface area contributed by atoms with Crippen molar-refractivity contribution in [2.45, 2.75) is 39.3 Å². The van der Waals surface area contributed by atoms with E-state index in [-0.39, 0.29) is 12.6 Å². The largest absolute Gasteiger partial charge is 0.454 e. The summed E-state index contributed by atoms with van der Waals surface area (Å²) >= 11 is 0. The van der Waals surface area contributed by atoms with Gasteiger partial charge in [-0.15, -0.1) is 0 Å². The number of benzene rings is 1. The van der Waals surface area contributed by atoms with Crippen molar-refractivity contribution < 1.29 is 14.3 Å². The molecule has 2 aromatic rings. The van der Waals surface area contributed by atoms with Crippen molar-refractivity contribution in [2.24, 2.45) is 0 Å². The molecule has 126 valence electrons. The van der Waals surface area contributed by atoms with Crippen molar-refractivity contribution in [3.63, 3.8) is 0 Å². The Labute approximate surface area is 141 Å². The summed E-state index contributed by atoms with van der Waals surface area (Å²) in [5.41, 5.74) is 4.21. The molecule has 1 saturated carbocycles. The first-order valence-electron chi connectivity index (χ1n) is 8.44. The van der Waals surface area contributed by atoms with Gasteiger partial charge in [-0.3, -0.25) is 4.79 Å². The van der Waals surface area contributed by atoms with E-state index in [1.54, 1.807) is 0 Å². The molecule has 1 aromatic heterocycles. The molecule has 24 heavy (non-hydrogen) atoms. The summed E-state index contributed by atoms with van der Waals surface area (Å²) in [5.74, 6) is 1.70. The summed E-state index contributed by atoms with van der Waals surface area (Å²) in [7, 11) is 0. The molecule has 0 spiro atoms. The maximum atomic E-state index is 12.5. The summed E-state index contributed by atoms with van der Waals surface area (Å²) in [6, 6.07) is 8.49. The number of hydrogen-bond acceptors (Lipinski definition) is 4. The van der Waals surface area contributed by atoms with Crippen LogP contribution in [0.25, 0.3) is 0 Å². The van der Waals surface area contributed by atoms with Gasteiger partial charge in [0.2, 0.25) is 6.79 Å². The van der Waals surface area contributed by atoms with Crippen molar-refractivity contribution in [1.82, 2.24) is 9.88 Å². The fraction of sp³-hybridized carbons (Fsp3) is 0.421. The highest BCUT2D eigenvalue weighted by Crippen LogP contribution is 2.38. The average Bonchev–Trinajstić information content (AvgIpc) is 3.19. The molecule has 0 radical (unpaired) electrons. The highest BCUT2D eigenvalue weighted by molar-refractivity contribution is 5.99. The minimum atomic E-state index is 0.149. The number of carbonyl (C=O) groups excluding carboxylic acids is 1. The van der Waals surface area contributed by atoms with Crippen LogP contribution in [0, 0.1) is 13.8 Å². The van der Waals surface area contributed by atoms with Crippen LogP contribution in [-0.4, -0.2) is 23.7 Å². The molecular formula is C19H22N2O3. The van der Waals surface area contributed by atoms with Crippen LogP contribution >= 0.6 is 0 Å². The number of fused-ring (bicyclic) bond motifs is 1. The Bertz CT molecular complexity index is 790. The van der Waals surface area contributed by atoms with Gasteiger partial charge in [0.1, 0.15) is 0 Å². The predicted octanol–water partition coefficient (Wildman–Crippen LogP) is 3.14. The van der Waals surface area contributed by atoms with Gasteiger partial charge in [0.15, 0.2) is 17.3 Å². The lowest BCUT2D eigenvalue weighted by Gasteiger charge is -2.08. The van der Waals surface area contributed by atoms with Gasteiger partial charge in [0.25, 0.3) is 0 Å². The lowest BCUT2D eigenvalue weighted by molar-refractivity contribution is 0.0990. The Hall–Kier alpha value is -2.27. The third kappa shape index (κ3) is 2.80. The molecule has 1 N–H and O–H groups in total. The molecule has 0 amide bonds. The highest BCUT2D eigenvalue weighted by atomic mass is 16.7. The fourth-order valence-corrected chi connectivity index (χ4v) is 3.42. The number of ketones is 1. The summed E-state index contributed by atoms with van der Waals surface area (Å²) in [4.78, 5) is 12.5. The lowest BCUT2D eigenvalue weighted by Crippen LogP contribution is -2.23. The first-order valence-corrected chi connectivity index (χ1v) is 8.44. The molecule has 1 fully saturated rings. The normalized spacial score (nSPS) is 15.8. The topological polar surface area (TPSA) is 52.5 Å². The molecule has 2 heterocycles. The summed E-state index contributed by atoms with van der Waals surface area (Å²) in [5, 5.41) is 3.24. The van der Waals surface area contributed by atoms with E-state index in [0.717, 1.165) is 28.3 Å². The van der Waals surface area contributed by atoms with Crippen LogP contribution in [0.2, 0.25) is 0 Å². The van der Waals surface area contributed by atoms with Gasteiger partial charge < -0.3 is 19.4 Å². The van der Waals surface area contributed by atoms with Gasteiger partial charge in [0.05, 0.1) is 6.54 Å². The Kier molecular flexibility index (Phi) is 3.81. The van der Waals surface area contributed by atoms with Gasteiger partial charge in [-0.1, -0.05) is 6.07 Å². The van der Waals surface area contributed by atoms with Gasteiger partial charge in [-0.05, 0) is 50.5 Å². The first-order chi connectivity index (χ1) is 11.6. The van der Waals surface area contributed by atoms with Gasteiger partial charge >= 0.3 is 0 Å².